The molecular formula is C31H40Cl2N6O6. The van der Waals surface area contributed by atoms with E-state index in [-0.39, 0.29) is 23.6 Å². The summed E-state index contributed by atoms with van der Waals surface area (Å²) in [6.45, 7) is 7.17. The van der Waals surface area contributed by atoms with E-state index < -0.39 is 9.85 Å². The van der Waals surface area contributed by atoms with E-state index in [1.54, 1.807) is 31.4 Å². The summed E-state index contributed by atoms with van der Waals surface area (Å²) in [5.74, 6) is 1.43. The molecule has 1 atom stereocenters. The van der Waals surface area contributed by atoms with Gasteiger partial charge in [-0.15, -0.1) is 0 Å². The predicted octanol–water partition coefficient (Wildman–Crippen LogP) is 7.25. The molecule has 0 radical (unpaired) electrons. The lowest BCUT2D eigenvalue weighted by Crippen LogP contribution is -2.49. The number of nitrogens with zero attached hydrogens (tertiary/aromatic N) is 5. The lowest BCUT2D eigenvalue weighted by molar-refractivity contribution is -0.385. The van der Waals surface area contributed by atoms with Crippen LogP contribution in [0.3, 0.4) is 0 Å². The number of benzene rings is 2. The Hall–Kier alpha value is -3.87. The normalized spacial score (nSPS) is 15.8. The van der Waals surface area contributed by atoms with Crippen LogP contribution in [-0.4, -0.2) is 42.2 Å². The lowest BCUT2D eigenvalue weighted by Gasteiger charge is -2.37. The maximum Gasteiger partial charge on any atom is 0.269 e. The number of nitrogens with one attached hydrogen (secondary N) is 1. The minimum Gasteiger partial charge on any atom is -0.480 e. The van der Waals surface area contributed by atoms with E-state index in [1.165, 1.54) is 24.3 Å². The van der Waals surface area contributed by atoms with E-state index in [2.05, 4.69) is 36.0 Å². The van der Waals surface area contributed by atoms with Gasteiger partial charge in [-0.3, -0.25) is 20.2 Å². The number of nitro groups is 2. The average Bonchev–Trinajstić information content (AvgIpc) is 3.45. The molecule has 2 N–H and O–H groups in total. The molecule has 4 rings (SSSR count). The second kappa shape index (κ2) is 16.4. The summed E-state index contributed by atoms with van der Waals surface area (Å²) >= 11 is 12.4. The molecule has 1 aliphatic rings. The third kappa shape index (κ3) is 9.09. The van der Waals surface area contributed by atoms with Gasteiger partial charge in [0.25, 0.3) is 11.4 Å². The molecule has 45 heavy (non-hydrogen) atoms. The van der Waals surface area contributed by atoms with E-state index in [4.69, 9.17) is 27.9 Å². The zero-order valence-electron chi connectivity index (χ0n) is 26.0. The predicted molar refractivity (Wildman–Crippen MR) is 174 cm³/mol. The van der Waals surface area contributed by atoms with Crippen LogP contribution in [0.4, 0.5) is 11.4 Å². The zero-order chi connectivity index (χ0) is 33.1. The van der Waals surface area contributed by atoms with Crippen LogP contribution in [0.1, 0.15) is 75.5 Å². The molecule has 244 valence electrons. The first kappa shape index (κ1) is 35.6. The smallest absolute Gasteiger partial charge is 0.269 e. The number of aliphatic hydroxyl groups is 1. The monoisotopic (exact) mass is 662 g/mol. The molecule has 0 spiro atoms. The van der Waals surface area contributed by atoms with Gasteiger partial charge in [0, 0.05) is 43.8 Å². The standard InChI is InChI=1S/C16H22ClN3O3.C15H18ClN3O3/c1-4-5-10-16(2)18-14(17)15(23-3)19(16)11-12-6-8-13(9-7-12)20(21)22;1-2-3-4-14-17-15(16)13(10-20)18(14)9-11-5-7-12(8-6-11)19(21)22/h6-9,18H,4-5,10-11H2,1-3H3;5-8,20H,2-4,9-10H2,1H3. The number of imidazole rings is 1. The third-order valence-electron chi connectivity index (χ3n) is 7.60. The van der Waals surface area contributed by atoms with Crippen LogP contribution in [0.15, 0.2) is 59.6 Å². The molecule has 1 aromatic heterocycles. The van der Waals surface area contributed by atoms with E-state index >= 15 is 0 Å². The number of hydrogen-bond acceptors (Lipinski definition) is 9. The van der Waals surface area contributed by atoms with Crippen LogP contribution in [0.25, 0.3) is 0 Å². The largest absolute Gasteiger partial charge is 0.480 e. The highest BCUT2D eigenvalue weighted by Crippen LogP contribution is 2.35. The Kier molecular flexibility index (Phi) is 13.0. The Bertz CT molecular complexity index is 1480. The fraction of sp³-hybridized carbons (Fsp3) is 0.452. The molecule has 14 heteroatoms. The number of nitro benzene ring substituents is 2. The highest BCUT2D eigenvalue weighted by Gasteiger charge is 2.41. The maximum absolute atomic E-state index is 10.8. The summed E-state index contributed by atoms with van der Waals surface area (Å²) in [6, 6.07) is 12.9. The number of aliphatic hydroxyl groups excluding tert-OH is 1. The number of halogens is 2. The molecule has 3 aromatic rings. The topological polar surface area (TPSA) is 149 Å². The summed E-state index contributed by atoms with van der Waals surface area (Å²) in [6.07, 6.45) is 5.86. The van der Waals surface area contributed by atoms with E-state index in [0.29, 0.717) is 35.0 Å². The summed E-state index contributed by atoms with van der Waals surface area (Å²) in [5.41, 5.74) is 2.24. The molecule has 12 nitrogen and oxygen atoms in total. The van der Waals surface area contributed by atoms with Crippen LogP contribution in [0.2, 0.25) is 5.15 Å². The Labute approximate surface area is 272 Å². The van der Waals surface area contributed by atoms with E-state index in [1.807, 2.05) is 4.57 Å². The molecule has 2 heterocycles. The van der Waals surface area contributed by atoms with Gasteiger partial charge in [-0.2, -0.15) is 0 Å². The minimum absolute atomic E-state index is 0.0565. The molecular weight excluding hydrogens is 623 g/mol. The summed E-state index contributed by atoms with van der Waals surface area (Å²) in [4.78, 5) is 27.0. The SMILES string of the molecule is CCCCC1(C)NC(Cl)=C(OC)N1Cc1ccc([N+](=O)[O-])cc1.CCCCc1nc(Cl)c(CO)n1Cc1ccc([N+](=O)[O-])cc1. The number of methoxy groups -OCH3 is 1. The fourth-order valence-corrected chi connectivity index (χ4v) is 5.69. The highest BCUT2D eigenvalue weighted by atomic mass is 35.5. The molecule has 0 amide bonds. The van der Waals surface area contributed by atoms with E-state index in [9.17, 15) is 25.3 Å². The van der Waals surface area contributed by atoms with Gasteiger partial charge < -0.3 is 24.6 Å². The molecule has 1 aliphatic heterocycles. The van der Waals surface area contributed by atoms with Gasteiger partial charge in [0.15, 0.2) is 10.3 Å². The number of non-ortho nitro benzene ring substituents is 2. The van der Waals surface area contributed by atoms with Gasteiger partial charge in [0.1, 0.15) is 11.5 Å². The van der Waals surface area contributed by atoms with Crippen molar-refractivity contribution in [2.45, 2.75) is 84.7 Å². The molecule has 1 unspecified atom stereocenters. The average molecular weight is 664 g/mol. The first-order valence-corrected chi connectivity index (χ1v) is 15.5. The van der Waals surface area contributed by atoms with Gasteiger partial charge in [-0.25, -0.2) is 4.98 Å². The van der Waals surface area contributed by atoms with E-state index in [0.717, 1.165) is 55.5 Å². The van der Waals surface area contributed by atoms with Gasteiger partial charge >= 0.3 is 0 Å². The number of unbranched alkanes of at least 4 members (excludes halogenated alkanes) is 2. The Balaban J connectivity index is 0.000000246. The van der Waals surface area contributed by atoms with Crippen molar-refractivity contribution < 1.29 is 19.7 Å². The lowest BCUT2D eigenvalue weighted by atomic mass is 10.0. The number of aromatic nitrogens is 2. The Morgan fingerprint density at radius 1 is 0.933 bits per heavy atom. The second-order valence-electron chi connectivity index (χ2n) is 10.9. The Morgan fingerprint density at radius 2 is 1.47 bits per heavy atom. The fourth-order valence-electron chi connectivity index (χ4n) is 5.04. The summed E-state index contributed by atoms with van der Waals surface area (Å²) < 4.78 is 7.34. The van der Waals surface area contributed by atoms with Crippen LogP contribution in [-0.2, 0) is 30.9 Å². The van der Waals surface area contributed by atoms with Crippen LogP contribution < -0.4 is 5.32 Å². The third-order valence-corrected chi connectivity index (χ3v) is 8.16. The van der Waals surface area contributed by atoms with Gasteiger partial charge in [0.2, 0.25) is 5.88 Å². The summed E-state index contributed by atoms with van der Waals surface area (Å²) in [7, 11) is 1.59. The summed E-state index contributed by atoms with van der Waals surface area (Å²) in [5, 5.41) is 35.1. The quantitative estimate of drug-likeness (QED) is 0.103. The van der Waals surface area contributed by atoms with Crippen molar-refractivity contribution in [3.8, 4) is 0 Å². The second-order valence-corrected chi connectivity index (χ2v) is 11.6. The molecule has 2 aromatic carbocycles. The highest BCUT2D eigenvalue weighted by molar-refractivity contribution is 6.30. The van der Waals surface area contributed by atoms with Crippen LogP contribution in [0, 0.1) is 20.2 Å². The first-order valence-electron chi connectivity index (χ1n) is 14.8. The van der Waals surface area contributed by atoms with Crippen molar-refractivity contribution in [3.05, 3.63) is 108 Å². The minimum atomic E-state index is -0.427. The zero-order valence-corrected chi connectivity index (χ0v) is 27.5. The van der Waals surface area contributed by atoms with Crippen molar-refractivity contribution in [2.24, 2.45) is 0 Å². The van der Waals surface area contributed by atoms with Crippen molar-refractivity contribution in [1.82, 2.24) is 19.8 Å². The van der Waals surface area contributed by atoms with Gasteiger partial charge in [-0.1, -0.05) is 74.2 Å². The van der Waals surface area contributed by atoms with Crippen molar-refractivity contribution in [1.29, 1.82) is 0 Å². The maximum atomic E-state index is 10.8. The van der Waals surface area contributed by atoms with Gasteiger partial charge in [-0.05, 0) is 37.3 Å². The number of aryl methyl sites for hydroxylation is 1. The number of rotatable bonds is 14. The molecule has 0 saturated heterocycles. The number of ether oxygens (including phenoxy) is 1. The molecule has 0 saturated carbocycles. The molecule has 0 fully saturated rings. The molecule has 0 aliphatic carbocycles. The first-order chi connectivity index (χ1) is 21.5. The van der Waals surface area contributed by atoms with Crippen LogP contribution >= 0.6 is 23.2 Å². The van der Waals surface area contributed by atoms with Crippen molar-refractivity contribution in [3.63, 3.8) is 0 Å². The number of hydrogen-bond donors (Lipinski definition) is 2. The molecule has 0 bridgehead atoms. The van der Waals surface area contributed by atoms with Crippen LogP contribution in [0.5, 0.6) is 0 Å². The van der Waals surface area contributed by atoms with Crippen molar-refractivity contribution >= 4 is 34.6 Å². The van der Waals surface area contributed by atoms with Crippen molar-refractivity contribution in [2.75, 3.05) is 7.11 Å². The van der Waals surface area contributed by atoms with Gasteiger partial charge in [0.05, 0.1) is 29.3 Å². The Morgan fingerprint density at radius 3 is 1.93 bits per heavy atom.